The summed E-state index contributed by atoms with van der Waals surface area (Å²) in [6.45, 7) is 0. The van der Waals surface area contributed by atoms with Crippen molar-refractivity contribution in [1.29, 1.82) is 0 Å². The molecule has 3 rings (SSSR count). The predicted molar refractivity (Wildman–Crippen MR) is 99.7 cm³/mol. The first-order valence-corrected chi connectivity index (χ1v) is 11.6. The summed E-state index contributed by atoms with van der Waals surface area (Å²) in [4.78, 5) is 0. The maximum absolute atomic E-state index is 10.7. The Morgan fingerprint density at radius 2 is 0.852 bits per heavy atom. The van der Waals surface area contributed by atoms with E-state index in [-0.39, 0.29) is 0 Å². The van der Waals surface area contributed by atoms with Crippen LogP contribution in [0.5, 0.6) is 0 Å². The maximum atomic E-state index is 10.7. The number of rotatable bonds is 3. The summed E-state index contributed by atoms with van der Waals surface area (Å²) in [5, 5.41) is 0. The standard InChI is InChI=1S/C18H15Se.CHF3O3S/c1-4-10-16(11-5-1)19(17-12-6-2-7-13-17)18-14-8-3-9-15-18;2-1(3,4)8(5,6)7/h1-15H;(H,5,6,7)/q+1;/p-1. The molecule has 0 radical (unpaired) electrons. The molecular weight excluding hydrogens is 444 g/mol. The molecule has 3 aromatic carbocycles. The molecule has 8 heteroatoms. The van der Waals surface area contributed by atoms with E-state index < -0.39 is 29.5 Å². The van der Waals surface area contributed by atoms with E-state index in [2.05, 4.69) is 91.0 Å². The third-order valence-electron chi connectivity index (χ3n) is 3.22. The van der Waals surface area contributed by atoms with Crippen molar-refractivity contribution in [2.75, 3.05) is 0 Å². The fraction of sp³-hybridized carbons (Fsp3) is 0.0526. The van der Waals surface area contributed by atoms with Crippen LogP contribution >= 0.6 is 0 Å². The SMILES string of the molecule is O=S(=O)([O-])C(F)(F)F.c1ccc([Se+](c2ccccc2)c2ccccc2)cc1. The third-order valence-corrected chi connectivity index (χ3v) is 8.47. The second kappa shape index (κ2) is 9.19. The van der Waals surface area contributed by atoms with Gasteiger partial charge in [0.25, 0.3) is 0 Å². The summed E-state index contributed by atoms with van der Waals surface area (Å²) in [7, 11) is -6.09. The number of alkyl halides is 3. The Bertz CT molecular complexity index is 838. The van der Waals surface area contributed by atoms with Gasteiger partial charge in [-0.2, -0.15) is 13.2 Å². The van der Waals surface area contributed by atoms with Crippen molar-refractivity contribution in [1.82, 2.24) is 0 Å². The Morgan fingerprint density at radius 3 is 1.04 bits per heavy atom. The van der Waals surface area contributed by atoms with Crippen LogP contribution in [0.15, 0.2) is 91.0 Å². The summed E-state index contributed by atoms with van der Waals surface area (Å²) in [5.41, 5.74) is -5.65. The Hall–Kier alpha value is -2.12. The second-order valence-electron chi connectivity index (χ2n) is 5.15. The van der Waals surface area contributed by atoms with E-state index >= 15 is 0 Å². The molecule has 0 spiro atoms. The van der Waals surface area contributed by atoms with Gasteiger partial charge in [-0.25, -0.2) is 8.42 Å². The van der Waals surface area contributed by atoms with Crippen LogP contribution in [-0.2, 0) is 10.1 Å². The summed E-state index contributed by atoms with van der Waals surface area (Å²) in [5.74, 6) is 0. The zero-order chi connectivity index (χ0) is 19.9. The van der Waals surface area contributed by atoms with E-state index in [9.17, 15) is 13.2 Å². The van der Waals surface area contributed by atoms with Crippen LogP contribution in [0.25, 0.3) is 0 Å². The molecule has 27 heavy (non-hydrogen) atoms. The molecule has 0 bridgehead atoms. The van der Waals surface area contributed by atoms with Crippen molar-refractivity contribution in [3.05, 3.63) is 91.0 Å². The van der Waals surface area contributed by atoms with Gasteiger partial charge in [0.2, 0.25) is 0 Å². The van der Waals surface area contributed by atoms with E-state index in [1.807, 2.05) is 0 Å². The first-order chi connectivity index (χ1) is 12.7. The van der Waals surface area contributed by atoms with Crippen LogP contribution in [0.4, 0.5) is 13.2 Å². The number of hydrogen-bond acceptors (Lipinski definition) is 3. The van der Waals surface area contributed by atoms with Gasteiger partial charge in [0, 0.05) is 0 Å². The minimum atomic E-state index is -6.09. The predicted octanol–water partition coefficient (Wildman–Crippen LogP) is 2.25. The zero-order valence-corrected chi connectivity index (χ0v) is 16.4. The Kier molecular flexibility index (Phi) is 7.21. The Labute approximate surface area is 160 Å². The van der Waals surface area contributed by atoms with Gasteiger partial charge in [-0.05, 0) is 0 Å². The normalized spacial score (nSPS) is 11.6. The number of halogens is 3. The van der Waals surface area contributed by atoms with Crippen molar-refractivity contribution in [3.8, 4) is 0 Å². The molecule has 0 atom stereocenters. The topological polar surface area (TPSA) is 57.2 Å². The van der Waals surface area contributed by atoms with Gasteiger partial charge in [-0.3, -0.25) is 0 Å². The Balaban J connectivity index is 0.000000279. The molecule has 0 heterocycles. The van der Waals surface area contributed by atoms with Crippen LogP contribution in [0, 0.1) is 0 Å². The van der Waals surface area contributed by atoms with Crippen molar-refractivity contribution in [3.63, 3.8) is 0 Å². The van der Waals surface area contributed by atoms with Gasteiger partial charge in [-0.15, -0.1) is 0 Å². The molecule has 0 N–H and O–H groups in total. The van der Waals surface area contributed by atoms with Crippen molar-refractivity contribution in [2.45, 2.75) is 5.51 Å². The molecule has 0 saturated heterocycles. The van der Waals surface area contributed by atoms with Gasteiger partial charge in [0.05, 0.1) is 0 Å². The fourth-order valence-electron chi connectivity index (χ4n) is 2.08. The molecule has 0 aliphatic heterocycles. The molecule has 0 unspecified atom stereocenters. The van der Waals surface area contributed by atoms with Gasteiger partial charge in [0.1, 0.15) is 0 Å². The van der Waals surface area contributed by atoms with E-state index in [1.165, 1.54) is 13.4 Å². The fourth-order valence-corrected chi connectivity index (χ4v) is 6.49. The van der Waals surface area contributed by atoms with Crippen LogP contribution in [-0.4, -0.2) is 32.4 Å². The molecule has 0 saturated carbocycles. The van der Waals surface area contributed by atoms with Crippen LogP contribution < -0.4 is 13.4 Å². The average Bonchev–Trinajstić information content (AvgIpc) is 2.64. The van der Waals surface area contributed by atoms with Crippen LogP contribution in [0.1, 0.15) is 0 Å². The molecule has 142 valence electrons. The van der Waals surface area contributed by atoms with Crippen LogP contribution in [0.3, 0.4) is 0 Å². The van der Waals surface area contributed by atoms with Gasteiger partial charge >= 0.3 is 124 Å². The summed E-state index contributed by atoms with van der Waals surface area (Å²) < 4.78 is 63.3. The van der Waals surface area contributed by atoms with E-state index in [0.29, 0.717) is 0 Å². The number of benzene rings is 3. The molecule has 3 aromatic rings. The van der Waals surface area contributed by atoms with Crippen molar-refractivity contribution < 1.29 is 26.1 Å². The van der Waals surface area contributed by atoms with Gasteiger partial charge in [-0.1, -0.05) is 0 Å². The van der Waals surface area contributed by atoms with E-state index in [0.717, 1.165) is 0 Å². The average molecular weight is 459 g/mol. The summed E-state index contributed by atoms with van der Waals surface area (Å²) in [6, 6.07) is 32.6. The van der Waals surface area contributed by atoms with Crippen molar-refractivity contribution in [2.24, 2.45) is 0 Å². The minimum absolute atomic E-state index is 1.15. The van der Waals surface area contributed by atoms with E-state index in [1.54, 1.807) is 0 Å². The summed E-state index contributed by atoms with van der Waals surface area (Å²) >= 11 is -1.15. The number of hydrogen-bond donors (Lipinski definition) is 0. The first kappa shape index (κ1) is 21.2. The van der Waals surface area contributed by atoms with Gasteiger partial charge < -0.3 is 4.55 Å². The van der Waals surface area contributed by atoms with E-state index in [4.69, 9.17) is 13.0 Å². The quantitative estimate of drug-likeness (QED) is 0.343. The Morgan fingerprint density at radius 1 is 0.630 bits per heavy atom. The first-order valence-electron chi connectivity index (χ1n) is 7.62. The van der Waals surface area contributed by atoms with Crippen LogP contribution in [0.2, 0.25) is 0 Å². The molecule has 0 aromatic heterocycles. The monoisotopic (exact) mass is 460 g/mol. The molecule has 0 amide bonds. The van der Waals surface area contributed by atoms with Crippen molar-refractivity contribution >= 4 is 37.4 Å². The summed E-state index contributed by atoms with van der Waals surface area (Å²) in [6.07, 6.45) is 0. The molecular formula is C19H15F3O3SSe. The van der Waals surface area contributed by atoms with Gasteiger partial charge in [0.15, 0.2) is 10.1 Å². The third kappa shape index (κ3) is 6.22. The zero-order valence-electron chi connectivity index (χ0n) is 13.8. The molecule has 0 aliphatic rings. The molecule has 3 nitrogen and oxygen atoms in total. The second-order valence-corrected chi connectivity index (χ2v) is 10.8. The molecule has 0 fully saturated rings. The molecule has 0 aliphatic carbocycles.